The second kappa shape index (κ2) is 16.0. The molecule has 0 unspecified atom stereocenters. The molecule has 2 aliphatic rings. The van der Waals surface area contributed by atoms with E-state index in [2.05, 4.69) is 235 Å². The molecule has 0 fully saturated rings. The van der Waals surface area contributed by atoms with Gasteiger partial charge in [0.15, 0.2) is 0 Å². The summed E-state index contributed by atoms with van der Waals surface area (Å²) in [5.41, 5.74) is 18.9. The Labute approximate surface area is 392 Å². The van der Waals surface area contributed by atoms with Crippen LogP contribution in [0.1, 0.15) is 162 Å². The summed E-state index contributed by atoms with van der Waals surface area (Å²) in [5.74, 6) is 0. The van der Waals surface area contributed by atoms with E-state index < -0.39 is 0 Å². The number of fused-ring (bicyclic) bond motifs is 2. The van der Waals surface area contributed by atoms with E-state index >= 15 is 0 Å². The van der Waals surface area contributed by atoms with Crippen molar-refractivity contribution in [1.82, 2.24) is 0 Å². The van der Waals surface area contributed by atoms with E-state index in [0.717, 1.165) is 47.0 Å². The van der Waals surface area contributed by atoms with Crippen LogP contribution < -0.4 is 9.80 Å². The lowest BCUT2D eigenvalue weighted by Crippen LogP contribution is -2.34. The second-order valence-corrected chi connectivity index (χ2v) is 24.4. The number of halogens is 1. The van der Waals surface area contributed by atoms with Crippen LogP contribution in [0.15, 0.2) is 121 Å². The van der Waals surface area contributed by atoms with Crippen molar-refractivity contribution in [2.45, 2.75) is 162 Å². The normalized spacial score (nSPS) is 17.3. The van der Waals surface area contributed by atoms with Crippen LogP contribution in [0.5, 0.6) is 0 Å². The fourth-order valence-corrected chi connectivity index (χ4v) is 10.7. The van der Waals surface area contributed by atoms with E-state index in [1.807, 2.05) is 0 Å². The van der Waals surface area contributed by atoms with Gasteiger partial charge in [0, 0.05) is 39.0 Å². The first kappa shape index (κ1) is 45.8. The highest BCUT2D eigenvalue weighted by Crippen LogP contribution is 2.52. The highest BCUT2D eigenvalue weighted by molar-refractivity contribution is 6.31. The Balaban J connectivity index is 1.42. The van der Waals surface area contributed by atoms with Gasteiger partial charge in [0.2, 0.25) is 0 Å². The van der Waals surface area contributed by atoms with Gasteiger partial charge in [-0.3, -0.25) is 0 Å². The van der Waals surface area contributed by atoms with Crippen LogP contribution in [0.25, 0.3) is 11.1 Å². The minimum Gasteiger partial charge on any atom is -0.310 e. The van der Waals surface area contributed by atoms with Crippen molar-refractivity contribution in [2.75, 3.05) is 9.80 Å². The van der Waals surface area contributed by atoms with Gasteiger partial charge in [-0.15, -0.1) is 0 Å². The molecule has 6 aromatic carbocycles. The van der Waals surface area contributed by atoms with E-state index in [0.29, 0.717) is 5.02 Å². The van der Waals surface area contributed by atoms with Crippen molar-refractivity contribution in [1.29, 1.82) is 0 Å². The molecular weight excluding hydrogens is 796 g/mol. The molecule has 0 heterocycles. The Bertz CT molecular complexity index is 2720. The summed E-state index contributed by atoms with van der Waals surface area (Å²) < 4.78 is 0. The minimum absolute atomic E-state index is 0.0247. The van der Waals surface area contributed by atoms with Crippen LogP contribution in [0.3, 0.4) is 0 Å². The Hall–Kier alpha value is -4.79. The van der Waals surface area contributed by atoms with Gasteiger partial charge >= 0.3 is 0 Å². The Morgan fingerprint density at radius 2 is 0.844 bits per heavy atom. The highest BCUT2D eigenvalue weighted by atomic mass is 35.5. The molecule has 64 heavy (non-hydrogen) atoms. The summed E-state index contributed by atoms with van der Waals surface area (Å²) in [6, 6.07) is 46.2. The standard InChI is InChI=1S/C61H73ClN2/c1-40-33-42(56(2,3)4)21-27-54(40)63(45-23-25-50-52(38-45)60(12,13)31-29-58(50,8)9)47-35-44(62)36-48(37-47)64(46-24-26-51-53(39-46)61(14,15)32-30-59(51,10)11)55-28-22-43(57(5,6)7)34-49(55)41-19-17-16-18-20-41/h16-28,33-39H,29-32H2,1-15H3. The number of hydrogen-bond donors (Lipinski definition) is 0. The average Bonchev–Trinajstić information content (AvgIpc) is 3.22. The third-order valence-corrected chi connectivity index (χ3v) is 15.3. The predicted molar refractivity (Wildman–Crippen MR) is 279 cm³/mol. The molecule has 3 heteroatoms. The zero-order valence-electron chi connectivity index (χ0n) is 41.6. The maximum Gasteiger partial charge on any atom is 0.0540 e. The number of benzene rings is 6. The van der Waals surface area contributed by atoms with Gasteiger partial charge in [0.1, 0.15) is 0 Å². The van der Waals surface area contributed by atoms with Crippen molar-refractivity contribution in [2.24, 2.45) is 0 Å². The van der Waals surface area contributed by atoms with Crippen LogP contribution in [0, 0.1) is 6.92 Å². The van der Waals surface area contributed by atoms with Crippen LogP contribution in [-0.2, 0) is 32.5 Å². The summed E-state index contributed by atoms with van der Waals surface area (Å²) in [7, 11) is 0. The molecule has 0 N–H and O–H groups in total. The van der Waals surface area contributed by atoms with Crippen LogP contribution in [0.2, 0.25) is 5.02 Å². The maximum atomic E-state index is 7.50. The van der Waals surface area contributed by atoms with Crippen molar-refractivity contribution in [3.63, 3.8) is 0 Å². The lowest BCUT2D eigenvalue weighted by atomic mass is 9.63. The molecule has 0 aliphatic heterocycles. The van der Waals surface area contributed by atoms with E-state index in [-0.39, 0.29) is 32.5 Å². The molecule has 8 rings (SSSR count). The topological polar surface area (TPSA) is 6.48 Å². The minimum atomic E-state index is -0.0307. The molecule has 2 aliphatic carbocycles. The van der Waals surface area contributed by atoms with E-state index in [4.69, 9.17) is 11.6 Å². The molecule has 0 atom stereocenters. The van der Waals surface area contributed by atoms with Crippen molar-refractivity contribution in [3.8, 4) is 11.1 Å². The third kappa shape index (κ3) is 8.57. The number of nitrogens with zero attached hydrogens (tertiary/aromatic N) is 2. The molecular formula is C61H73ClN2. The molecule has 0 saturated carbocycles. The maximum absolute atomic E-state index is 7.50. The molecule has 0 bridgehead atoms. The van der Waals surface area contributed by atoms with Gasteiger partial charge in [-0.05, 0) is 170 Å². The van der Waals surface area contributed by atoms with Gasteiger partial charge in [-0.2, -0.15) is 0 Å². The lowest BCUT2D eigenvalue weighted by Gasteiger charge is -2.43. The number of rotatable bonds is 7. The van der Waals surface area contributed by atoms with Crippen LogP contribution in [0.4, 0.5) is 34.1 Å². The molecule has 0 aromatic heterocycles. The monoisotopic (exact) mass is 869 g/mol. The van der Waals surface area contributed by atoms with Crippen molar-refractivity contribution >= 4 is 45.7 Å². The summed E-state index contributed by atoms with van der Waals surface area (Å²) >= 11 is 7.50. The van der Waals surface area contributed by atoms with E-state index in [9.17, 15) is 0 Å². The zero-order chi connectivity index (χ0) is 46.4. The molecule has 0 radical (unpaired) electrons. The molecule has 0 saturated heterocycles. The fourth-order valence-electron chi connectivity index (χ4n) is 10.5. The first-order chi connectivity index (χ1) is 29.8. The molecule has 0 spiro atoms. The van der Waals surface area contributed by atoms with Gasteiger partial charge < -0.3 is 9.80 Å². The van der Waals surface area contributed by atoms with Gasteiger partial charge in [0.25, 0.3) is 0 Å². The zero-order valence-corrected chi connectivity index (χ0v) is 42.4. The Kier molecular flexibility index (Phi) is 11.4. The Morgan fingerprint density at radius 1 is 0.422 bits per heavy atom. The SMILES string of the molecule is Cc1cc(C(C)(C)C)ccc1N(c1cc(Cl)cc(N(c2ccc3c(c2)C(C)(C)CCC3(C)C)c2ccc(C(C)(C)C)cc2-c2ccccc2)c1)c1ccc2c(c1)C(C)(C)CCC2(C)C. The molecule has 334 valence electrons. The van der Waals surface area contributed by atoms with Crippen LogP contribution >= 0.6 is 11.6 Å². The smallest absolute Gasteiger partial charge is 0.0540 e. The van der Waals surface area contributed by atoms with Crippen molar-refractivity contribution < 1.29 is 0 Å². The summed E-state index contributed by atoms with van der Waals surface area (Å²) in [6.07, 6.45) is 4.64. The third-order valence-electron chi connectivity index (χ3n) is 15.1. The summed E-state index contributed by atoms with van der Waals surface area (Å²) in [5, 5.41) is 0.692. The number of anilines is 6. The fraction of sp³-hybridized carbons (Fsp3) is 0.410. The number of aryl methyl sites for hydroxylation is 1. The Morgan fingerprint density at radius 3 is 1.30 bits per heavy atom. The van der Waals surface area contributed by atoms with E-state index in [1.165, 1.54) is 62.9 Å². The summed E-state index contributed by atoms with van der Waals surface area (Å²) in [4.78, 5) is 4.95. The van der Waals surface area contributed by atoms with Crippen molar-refractivity contribution in [3.05, 3.63) is 165 Å². The largest absolute Gasteiger partial charge is 0.310 e. The van der Waals surface area contributed by atoms with Gasteiger partial charge in [0.05, 0.1) is 5.69 Å². The van der Waals surface area contributed by atoms with Gasteiger partial charge in [-0.25, -0.2) is 0 Å². The molecule has 2 nitrogen and oxygen atoms in total. The highest BCUT2D eigenvalue weighted by Gasteiger charge is 2.39. The first-order valence-corrected chi connectivity index (χ1v) is 24.2. The number of hydrogen-bond acceptors (Lipinski definition) is 2. The quantitative estimate of drug-likeness (QED) is 0.158. The average molecular weight is 870 g/mol. The van der Waals surface area contributed by atoms with Crippen LogP contribution in [-0.4, -0.2) is 0 Å². The predicted octanol–water partition coefficient (Wildman–Crippen LogP) is 18.5. The molecule has 6 aromatic rings. The first-order valence-electron chi connectivity index (χ1n) is 23.8. The van der Waals surface area contributed by atoms with E-state index in [1.54, 1.807) is 0 Å². The molecule has 0 amide bonds. The lowest BCUT2D eigenvalue weighted by molar-refractivity contribution is 0.332. The van der Waals surface area contributed by atoms with Gasteiger partial charge in [-0.1, -0.05) is 169 Å². The summed E-state index contributed by atoms with van der Waals surface area (Å²) in [6.45, 7) is 35.4. The second-order valence-electron chi connectivity index (χ2n) is 23.9.